The molecule has 0 spiro atoms. The van der Waals surface area contributed by atoms with Gasteiger partial charge in [-0.05, 0) is 24.6 Å². The first kappa shape index (κ1) is 14.6. The molecule has 0 saturated heterocycles. The molecule has 1 aromatic rings. The van der Waals surface area contributed by atoms with E-state index in [4.69, 9.17) is 33.3 Å². The Morgan fingerprint density at radius 3 is 2.33 bits per heavy atom. The van der Waals surface area contributed by atoms with Crippen molar-refractivity contribution in [2.75, 3.05) is 6.61 Å². The Hall–Kier alpha value is -0.440. The van der Waals surface area contributed by atoms with E-state index < -0.39 is 0 Å². The number of rotatable bonds is 3. The highest BCUT2D eigenvalue weighted by molar-refractivity contribution is 6.36. The first-order valence-electron chi connectivity index (χ1n) is 4.28. The topological polar surface area (TPSA) is 33.1 Å². The maximum absolute atomic E-state index is 7.48. The van der Waals surface area contributed by atoms with Gasteiger partial charge >= 0.3 is 0 Å². The second kappa shape index (κ2) is 6.94. The summed E-state index contributed by atoms with van der Waals surface area (Å²) < 4.78 is 5.02. The molecule has 0 fully saturated rings. The molecule has 0 aromatic heterocycles. The molecule has 1 rings (SSSR count). The Labute approximate surface area is 105 Å². The van der Waals surface area contributed by atoms with Crippen LogP contribution in [0.15, 0.2) is 18.2 Å². The summed E-state index contributed by atoms with van der Waals surface area (Å²) in [4.78, 5) is 0. The van der Waals surface area contributed by atoms with Crippen molar-refractivity contribution in [3.8, 4) is 0 Å². The normalized spacial score (nSPS) is 9.27. The molecule has 0 radical (unpaired) electrons. The number of nitrogens with one attached hydrogen (secondary N) is 1. The van der Waals surface area contributed by atoms with Gasteiger partial charge in [-0.3, -0.25) is 5.41 Å². The van der Waals surface area contributed by atoms with Crippen LogP contribution in [-0.4, -0.2) is 12.5 Å². The van der Waals surface area contributed by atoms with Crippen LogP contribution in [0.3, 0.4) is 0 Å². The van der Waals surface area contributed by atoms with Crippen molar-refractivity contribution in [3.63, 3.8) is 0 Å². The summed E-state index contributed by atoms with van der Waals surface area (Å²) in [6, 6.07) is 5.28. The maximum Gasteiger partial charge on any atom is 0.184 e. The Morgan fingerprint density at radius 2 is 1.87 bits per heavy atom. The first-order chi connectivity index (χ1) is 6.65. The van der Waals surface area contributed by atoms with Gasteiger partial charge in [-0.15, -0.1) is 12.4 Å². The van der Waals surface area contributed by atoms with Gasteiger partial charge in [0.15, 0.2) is 5.90 Å². The fraction of sp³-hybridized carbons (Fsp3) is 0.300. The van der Waals surface area contributed by atoms with Crippen molar-refractivity contribution < 1.29 is 4.74 Å². The van der Waals surface area contributed by atoms with E-state index in [-0.39, 0.29) is 18.3 Å². The lowest BCUT2D eigenvalue weighted by atomic mass is 10.1. The molecule has 1 aromatic carbocycles. The van der Waals surface area contributed by atoms with Crippen molar-refractivity contribution in [2.24, 2.45) is 0 Å². The molecule has 0 heterocycles. The average molecular weight is 269 g/mol. The third kappa shape index (κ3) is 4.29. The molecule has 84 valence electrons. The number of hydrogen-bond donors (Lipinski definition) is 1. The van der Waals surface area contributed by atoms with Crippen LogP contribution in [0.2, 0.25) is 10.0 Å². The Kier molecular flexibility index (Phi) is 6.73. The summed E-state index contributed by atoms with van der Waals surface area (Å²) in [6.07, 6.45) is 0.340. The zero-order chi connectivity index (χ0) is 10.6. The maximum atomic E-state index is 7.48. The van der Waals surface area contributed by atoms with Crippen LogP contribution in [-0.2, 0) is 11.2 Å². The fourth-order valence-corrected chi connectivity index (χ4v) is 1.62. The van der Waals surface area contributed by atoms with Crippen molar-refractivity contribution in [1.82, 2.24) is 0 Å². The summed E-state index contributed by atoms with van der Waals surface area (Å²) in [5.74, 6) is 0.183. The SMILES string of the molecule is CCOC(=N)Cc1c(Cl)cccc1Cl.Cl. The van der Waals surface area contributed by atoms with Crippen LogP contribution in [0.25, 0.3) is 0 Å². The van der Waals surface area contributed by atoms with Gasteiger partial charge in [-0.1, -0.05) is 29.3 Å². The molecule has 2 nitrogen and oxygen atoms in total. The van der Waals surface area contributed by atoms with Crippen LogP contribution in [0.1, 0.15) is 12.5 Å². The number of hydrogen-bond acceptors (Lipinski definition) is 2. The average Bonchev–Trinajstić information content (AvgIpc) is 2.12. The standard InChI is InChI=1S/C10H11Cl2NO.ClH/c1-2-14-10(13)6-7-8(11)4-3-5-9(7)12;/h3-5,13H,2,6H2,1H3;1H. The zero-order valence-electron chi connectivity index (χ0n) is 8.22. The van der Waals surface area contributed by atoms with Gasteiger partial charge in [0.05, 0.1) is 13.0 Å². The highest BCUT2D eigenvalue weighted by Crippen LogP contribution is 2.24. The molecule has 0 bridgehead atoms. The molecular weight excluding hydrogens is 256 g/mol. The lowest BCUT2D eigenvalue weighted by Gasteiger charge is -2.08. The molecule has 0 unspecified atom stereocenters. The quantitative estimate of drug-likeness (QED) is 0.653. The summed E-state index contributed by atoms with van der Waals surface area (Å²) in [5.41, 5.74) is 0.745. The van der Waals surface area contributed by atoms with Gasteiger partial charge in [-0.25, -0.2) is 0 Å². The molecule has 0 amide bonds. The van der Waals surface area contributed by atoms with E-state index in [0.717, 1.165) is 5.56 Å². The Bertz CT molecular complexity index is 321. The molecular formula is C10H12Cl3NO. The van der Waals surface area contributed by atoms with E-state index >= 15 is 0 Å². The van der Waals surface area contributed by atoms with Gasteiger partial charge in [0.1, 0.15) is 0 Å². The largest absolute Gasteiger partial charge is 0.481 e. The highest BCUT2D eigenvalue weighted by atomic mass is 35.5. The summed E-state index contributed by atoms with van der Waals surface area (Å²) in [5, 5.41) is 8.62. The second-order valence-corrected chi connectivity index (χ2v) is 3.55. The lowest BCUT2D eigenvalue weighted by molar-refractivity contribution is 0.317. The molecule has 0 aliphatic rings. The number of benzene rings is 1. The lowest BCUT2D eigenvalue weighted by Crippen LogP contribution is -2.07. The third-order valence-electron chi connectivity index (χ3n) is 1.72. The molecule has 0 saturated carbocycles. The van der Waals surface area contributed by atoms with E-state index in [0.29, 0.717) is 23.1 Å². The highest BCUT2D eigenvalue weighted by Gasteiger charge is 2.08. The van der Waals surface area contributed by atoms with Crippen molar-refractivity contribution in [2.45, 2.75) is 13.3 Å². The van der Waals surface area contributed by atoms with Crippen molar-refractivity contribution in [1.29, 1.82) is 5.41 Å². The minimum atomic E-state index is 0. The van der Waals surface area contributed by atoms with Gasteiger partial charge in [-0.2, -0.15) is 0 Å². The Balaban J connectivity index is 0.00000196. The van der Waals surface area contributed by atoms with Crippen LogP contribution in [0.4, 0.5) is 0 Å². The van der Waals surface area contributed by atoms with Crippen molar-refractivity contribution in [3.05, 3.63) is 33.8 Å². The third-order valence-corrected chi connectivity index (χ3v) is 2.43. The van der Waals surface area contributed by atoms with Crippen molar-refractivity contribution >= 4 is 41.5 Å². The van der Waals surface area contributed by atoms with Gasteiger partial charge < -0.3 is 4.74 Å². The monoisotopic (exact) mass is 267 g/mol. The molecule has 0 atom stereocenters. The predicted octanol–water partition coefficient (Wildman–Crippen LogP) is 3.97. The number of ether oxygens (including phenoxy) is 1. The summed E-state index contributed by atoms with van der Waals surface area (Å²) >= 11 is 11.9. The molecule has 0 aliphatic carbocycles. The van der Waals surface area contributed by atoms with Gasteiger partial charge in [0.25, 0.3) is 0 Å². The van der Waals surface area contributed by atoms with Crippen LogP contribution >= 0.6 is 35.6 Å². The van der Waals surface area contributed by atoms with Gasteiger partial charge in [0.2, 0.25) is 0 Å². The zero-order valence-corrected chi connectivity index (χ0v) is 10.5. The summed E-state index contributed by atoms with van der Waals surface area (Å²) in [7, 11) is 0. The van der Waals surface area contributed by atoms with Crippen LogP contribution in [0.5, 0.6) is 0 Å². The van der Waals surface area contributed by atoms with E-state index in [1.54, 1.807) is 18.2 Å². The fourth-order valence-electron chi connectivity index (χ4n) is 1.09. The second-order valence-electron chi connectivity index (χ2n) is 2.73. The smallest absolute Gasteiger partial charge is 0.184 e. The molecule has 15 heavy (non-hydrogen) atoms. The van der Waals surface area contributed by atoms with Crippen LogP contribution < -0.4 is 0 Å². The van der Waals surface area contributed by atoms with E-state index in [9.17, 15) is 0 Å². The van der Waals surface area contributed by atoms with E-state index in [1.807, 2.05) is 6.92 Å². The minimum absolute atomic E-state index is 0. The molecule has 5 heteroatoms. The molecule has 0 aliphatic heterocycles. The van der Waals surface area contributed by atoms with Gasteiger partial charge in [0, 0.05) is 10.0 Å². The van der Waals surface area contributed by atoms with E-state index in [1.165, 1.54) is 0 Å². The van der Waals surface area contributed by atoms with Crippen LogP contribution in [0, 0.1) is 5.41 Å². The molecule has 1 N–H and O–H groups in total. The van der Waals surface area contributed by atoms with E-state index in [2.05, 4.69) is 0 Å². The predicted molar refractivity (Wildman–Crippen MR) is 66.8 cm³/mol. The Morgan fingerprint density at radius 1 is 1.33 bits per heavy atom. The first-order valence-corrected chi connectivity index (χ1v) is 5.03. The summed E-state index contributed by atoms with van der Waals surface area (Å²) in [6.45, 7) is 2.32. The minimum Gasteiger partial charge on any atom is -0.481 e. The number of halogens is 3.